The van der Waals surface area contributed by atoms with Crippen molar-refractivity contribution in [2.45, 2.75) is 0 Å². The quantitative estimate of drug-likeness (QED) is 0.588. The Morgan fingerprint density at radius 2 is 1.37 bits per heavy atom. The molecule has 3 aromatic rings. The molecule has 0 aliphatic heterocycles. The first-order valence-corrected chi connectivity index (χ1v) is 8.42. The molecule has 27 heavy (non-hydrogen) atoms. The lowest BCUT2D eigenvalue weighted by molar-refractivity contribution is -0.120. The van der Waals surface area contributed by atoms with E-state index in [-0.39, 0.29) is 18.4 Å². The molecule has 0 fully saturated rings. The van der Waals surface area contributed by atoms with Crippen molar-refractivity contribution in [3.63, 3.8) is 0 Å². The molecule has 3 rings (SSSR count). The van der Waals surface area contributed by atoms with Crippen LogP contribution >= 0.6 is 0 Å². The third-order valence-corrected chi connectivity index (χ3v) is 3.65. The van der Waals surface area contributed by atoms with Crippen LogP contribution in [0.2, 0.25) is 0 Å². The van der Waals surface area contributed by atoms with Crippen LogP contribution in [0.4, 0.5) is 5.69 Å². The van der Waals surface area contributed by atoms with Crippen molar-refractivity contribution in [3.8, 4) is 11.5 Å². The van der Waals surface area contributed by atoms with Crippen LogP contribution in [0.5, 0.6) is 11.5 Å². The van der Waals surface area contributed by atoms with E-state index < -0.39 is 0 Å². The van der Waals surface area contributed by atoms with Gasteiger partial charge in [0.05, 0.1) is 12.2 Å². The molecule has 3 N–H and O–H groups in total. The second-order valence-electron chi connectivity index (χ2n) is 5.63. The zero-order valence-electron chi connectivity index (χ0n) is 14.5. The van der Waals surface area contributed by atoms with Gasteiger partial charge in [0.2, 0.25) is 0 Å². The van der Waals surface area contributed by atoms with Crippen molar-refractivity contribution in [1.82, 2.24) is 10.9 Å². The average Bonchev–Trinajstić information content (AvgIpc) is 2.73. The molecule has 2 amide bonds. The van der Waals surface area contributed by atoms with Crippen LogP contribution in [-0.2, 0) is 4.79 Å². The predicted octanol–water partition coefficient (Wildman–Crippen LogP) is 3.35. The minimum Gasteiger partial charge on any atom is -0.455 e. The third kappa shape index (κ3) is 5.34. The number of para-hydroxylation sites is 3. The van der Waals surface area contributed by atoms with E-state index in [0.717, 1.165) is 0 Å². The molecule has 0 heterocycles. The maximum absolute atomic E-state index is 12.0. The van der Waals surface area contributed by atoms with Crippen molar-refractivity contribution in [2.75, 3.05) is 11.9 Å². The molecule has 0 spiro atoms. The Labute approximate surface area is 157 Å². The fraction of sp³-hybridized carbons (Fsp3) is 0.0476. The van der Waals surface area contributed by atoms with Gasteiger partial charge in [0, 0.05) is 5.56 Å². The number of hydrogen-bond acceptors (Lipinski definition) is 4. The summed E-state index contributed by atoms with van der Waals surface area (Å²) in [5, 5.41) is 3.01. The molecule has 0 aliphatic carbocycles. The number of amides is 2. The summed E-state index contributed by atoms with van der Waals surface area (Å²) in [7, 11) is 0. The Morgan fingerprint density at radius 3 is 2.11 bits per heavy atom. The number of hydrogen-bond donors (Lipinski definition) is 3. The first kappa shape index (κ1) is 18.0. The molecule has 0 saturated carbocycles. The van der Waals surface area contributed by atoms with Crippen LogP contribution in [0, 0.1) is 0 Å². The molecule has 0 aromatic heterocycles. The Bertz CT molecular complexity index is 899. The number of ether oxygens (including phenoxy) is 1. The van der Waals surface area contributed by atoms with E-state index in [1.807, 2.05) is 60.7 Å². The SMILES string of the molecule is O=C(CNc1ccccc1Oc1ccccc1)NNC(=O)c1ccccc1. The number of carbonyl (C=O) groups excluding carboxylic acids is 2. The summed E-state index contributed by atoms with van der Waals surface area (Å²) in [5.74, 6) is 0.543. The lowest BCUT2D eigenvalue weighted by Gasteiger charge is -2.13. The summed E-state index contributed by atoms with van der Waals surface area (Å²) in [6.45, 7) is -0.0236. The lowest BCUT2D eigenvalue weighted by Crippen LogP contribution is -2.44. The van der Waals surface area contributed by atoms with Crippen LogP contribution in [0.1, 0.15) is 10.4 Å². The summed E-state index contributed by atoms with van der Waals surface area (Å²) in [4.78, 5) is 23.9. The number of benzene rings is 3. The maximum Gasteiger partial charge on any atom is 0.269 e. The van der Waals surface area contributed by atoms with Crippen molar-refractivity contribution in [3.05, 3.63) is 90.5 Å². The molecule has 136 valence electrons. The van der Waals surface area contributed by atoms with Gasteiger partial charge in [-0.25, -0.2) is 0 Å². The van der Waals surface area contributed by atoms with Gasteiger partial charge in [0.15, 0.2) is 5.75 Å². The molecule has 0 bridgehead atoms. The number of anilines is 1. The predicted molar refractivity (Wildman–Crippen MR) is 103 cm³/mol. The number of rotatable bonds is 6. The molecule has 0 radical (unpaired) electrons. The smallest absolute Gasteiger partial charge is 0.269 e. The largest absolute Gasteiger partial charge is 0.455 e. The van der Waals surface area contributed by atoms with E-state index >= 15 is 0 Å². The Balaban J connectivity index is 1.52. The molecule has 6 nitrogen and oxygen atoms in total. The van der Waals surface area contributed by atoms with Gasteiger partial charge in [0.1, 0.15) is 5.75 Å². The monoisotopic (exact) mass is 361 g/mol. The van der Waals surface area contributed by atoms with Crippen molar-refractivity contribution in [2.24, 2.45) is 0 Å². The topological polar surface area (TPSA) is 79.5 Å². The second-order valence-corrected chi connectivity index (χ2v) is 5.63. The van der Waals surface area contributed by atoms with Gasteiger partial charge in [0.25, 0.3) is 11.8 Å². The van der Waals surface area contributed by atoms with Gasteiger partial charge >= 0.3 is 0 Å². The van der Waals surface area contributed by atoms with E-state index in [9.17, 15) is 9.59 Å². The second kappa shape index (κ2) is 9.05. The Kier molecular flexibility index (Phi) is 6.04. The van der Waals surface area contributed by atoms with Crippen molar-refractivity contribution in [1.29, 1.82) is 0 Å². The molecule has 0 aliphatic rings. The Hall–Kier alpha value is -3.80. The number of hydrazine groups is 1. The van der Waals surface area contributed by atoms with Crippen molar-refractivity contribution >= 4 is 17.5 Å². The highest BCUT2D eigenvalue weighted by Gasteiger charge is 2.08. The van der Waals surface area contributed by atoms with E-state index in [0.29, 0.717) is 22.7 Å². The summed E-state index contributed by atoms with van der Waals surface area (Å²) in [6, 6.07) is 25.3. The molecule has 0 atom stereocenters. The lowest BCUT2D eigenvalue weighted by atomic mass is 10.2. The minimum absolute atomic E-state index is 0.0236. The van der Waals surface area contributed by atoms with E-state index in [1.165, 1.54) is 0 Å². The van der Waals surface area contributed by atoms with E-state index in [2.05, 4.69) is 16.2 Å². The van der Waals surface area contributed by atoms with E-state index in [4.69, 9.17) is 4.74 Å². The van der Waals surface area contributed by atoms with Gasteiger partial charge in [-0.2, -0.15) is 0 Å². The number of nitrogens with one attached hydrogen (secondary N) is 3. The molecular weight excluding hydrogens is 342 g/mol. The highest BCUT2D eigenvalue weighted by atomic mass is 16.5. The molecule has 0 unspecified atom stereocenters. The zero-order valence-corrected chi connectivity index (χ0v) is 14.5. The maximum atomic E-state index is 12.0. The summed E-state index contributed by atoms with van der Waals surface area (Å²) in [6.07, 6.45) is 0. The van der Waals surface area contributed by atoms with Gasteiger partial charge < -0.3 is 10.1 Å². The van der Waals surface area contributed by atoms with Crippen molar-refractivity contribution < 1.29 is 14.3 Å². The fourth-order valence-corrected chi connectivity index (χ4v) is 2.33. The van der Waals surface area contributed by atoms with E-state index in [1.54, 1.807) is 24.3 Å². The highest BCUT2D eigenvalue weighted by Crippen LogP contribution is 2.28. The number of carbonyl (C=O) groups is 2. The summed E-state index contributed by atoms with van der Waals surface area (Å²) < 4.78 is 5.83. The summed E-state index contributed by atoms with van der Waals surface area (Å²) >= 11 is 0. The van der Waals surface area contributed by atoms with Crippen LogP contribution < -0.4 is 20.9 Å². The summed E-state index contributed by atoms with van der Waals surface area (Å²) in [5.41, 5.74) is 5.90. The minimum atomic E-state index is -0.381. The molecule has 6 heteroatoms. The van der Waals surface area contributed by atoms with Gasteiger partial charge in [-0.05, 0) is 36.4 Å². The van der Waals surface area contributed by atoms with Crippen LogP contribution in [0.15, 0.2) is 84.9 Å². The standard InChI is InChI=1S/C21H19N3O3/c25-20(23-24-21(26)16-9-3-1-4-10-16)15-22-18-13-7-8-14-19(18)27-17-11-5-2-6-12-17/h1-14,22H,15H2,(H,23,25)(H,24,26). The fourth-order valence-electron chi connectivity index (χ4n) is 2.33. The van der Waals surface area contributed by atoms with Gasteiger partial charge in [-0.3, -0.25) is 20.4 Å². The molecule has 3 aromatic carbocycles. The van der Waals surface area contributed by atoms with Gasteiger partial charge in [-0.1, -0.05) is 48.5 Å². The highest BCUT2D eigenvalue weighted by molar-refractivity contribution is 5.95. The molecular formula is C21H19N3O3. The molecule has 0 saturated heterocycles. The van der Waals surface area contributed by atoms with Crippen LogP contribution in [0.25, 0.3) is 0 Å². The Morgan fingerprint density at radius 1 is 0.741 bits per heavy atom. The van der Waals surface area contributed by atoms with Crippen LogP contribution in [-0.4, -0.2) is 18.4 Å². The van der Waals surface area contributed by atoms with Crippen LogP contribution in [0.3, 0.4) is 0 Å². The third-order valence-electron chi connectivity index (χ3n) is 3.65. The normalized spacial score (nSPS) is 9.93. The van der Waals surface area contributed by atoms with Gasteiger partial charge in [-0.15, -0.1) is 0 Å². The first-order chi connectivity index (χ1) is 13.2. The first-order valence-electron chi connectivity index (χ1n) is 8.42. The zero-order chi connectivity index (χ0) is 18.9. The average molecular weight is 361 g/mol.